The van der Waals surface area contributed by atoms with Gasteiger partial charge in [0, 0.05) is 23.0 Å². The molecule has 0 atom stereocenters. The number of methoxy groups -OCH3 is 2. The van der Waals surface area contributed by atoms with E-state index in [1.807, 2.05) is 6.92 Å². The van der Waals surface area contributed by atoms with Gasteiger partial charge in [0.1, 0.15) is 11.5 Å². The fraction of sp³-hybridized carbons (Fsp3) is 0.200. The number of aromatic nitrogens is 1. The molecule has 2 rings (SSSR count). The summed E-state index contributed by atoms with van der Waals surface area (Å²) >= 11 is 0. The third-order valence-electron chi connectivity index (χ3n) is 2.97. The lowest BCUT2D eigenvalue weighted by atomic mass is 9.99. The van der Waals surface area contributed by atoms with E-state index in [1.165, 1.54) is 6.20 Å². The molecule has 0 fully saturated rings. The SMILES string of the molecule is COc1ccc(OC)c(-c2cc(C)ncc2C(=O)O)c1. The molecule has 0 aliphatic rings. The molecule has 2 aromatic rings. The number of hydrogen-bond acceptors (Lipinski definition) is 4. The van der Waals surface area contributed by atoms with E-state index < -0.39 is 5.97 Å². The first-order valence-electron chi connectivity index (χ1n) is 5.99. The Kier molecular flexibility index (Phi) is 3.89. The van der Waals surface area contributed by atoms with Gasteiger partial charge in [-0.25, -0.2) is 4.79 Å². The minimum absolute atomic E-state index is 0.127. The van der Waals surface area contributed by atoms with Crippen molar-refractivity contribution in [3.63, 3.8) is 0 Å². The van der Waals surface area contributed by atoms with E-state index >= 15 is 0 Å². The topological polar surface area (TPSA) is 68.7 Å². The molecule has 0 aliphatic carbocycles. The normalized spacial score (nSPS) is 10.2. The lowest BCUT2D eigenvalue weighted by Gasteiger charge is -2.13. The van der Waals surface area contributed by atoms with Gasteiger partial charge in [0.25, 0.3) is 0 Å². The van der Waals surface area contributed by atoms with Crippen LogP contribution in [0.1, 0.15) is 16.1 Å². The molecule has 1 N–H and O–H groups in total. The molecule has 5 heteroatoms. The summed E-state index contributed by atoms with van der Waals surface area (Å²) in [4.78, 5) is 15.4. The van der Waals surface area contributed by atoms with E-state index in [0.29, 0.717) is 22.6 Å². The molecular weight excluding hydrogens is 258 g/mol. The highest BCUT2D eigenvalue weighted by Crippen LogP contribution is 2.35. The second-order valence-corrected chi connectivity index (χ2v) is 4.24. The molecule has 0 saturated heterocycles. The molecule has 0 bridgehead atoms. The van der Waals surface area contributed by atoms with Crippen LogP contribution in [0.15, 0.2) is 30.5 Å². The maximum Gasteiger partial charge on any atom is 0.337 e. The minimum atomic E-state index is -1.03. The smallest absolute Gasteiger partial charge is 0.337 e. The number of aromatic carboxylic acids is 1. The van der Waals surface area contributed by atoms with Gasteiger partial charge < -0.3 is 14.6 Å². The Bertz CT molecular complexity index is 652. The number of nitrogens with zero attached hydrogens (tertiary/aromatic N) is 1. The molecule has 0 unspecified atom stereocenters. The highest BCUT2D eigenvalue weighted by atomic mass is 16.5. The van der Waals surface area contributed by atoms with Crippen molar-refractivity contribution in [1.82, 2.24) is 4.98 Å². The molecule has 104 valence electrons. The zero-order chi connectivity index (χ0) is 14.7. The summed E-state index contributed by atoms with van der Waals surface area (Å²) in [7, 11) is 3.10. The van der Waals surface area contributed by atoms with Gasteiger partial charge in [0.2, 0.25) is 0 Å². The van der Waals surface area contributed by atoms with Crippen LogP contribution < -0.4 is 9.47 Å². The number of hydrogen-bond donors (Lipinski definition) is 1. The molecule has 5 nitrogen and oxygen atoms in total. The molecule has 1 aromatic heterocycles. The van der Waals surface area contributed by atoms with Gasteiger partial charge in [-0.15, -0.1) is 0 Å². The maximum absolute atomic E-state index is 11.3. The van der Waals surface area contributed by atoms with Crippen molar-refractivity contribution in [2.45, 2.75) is 6.92 Å². The van der Waals surface area contributed by atoms with E-state index in [9.17, 15) is 9.90 Å². The molecule has 0 aliphatic heterocycles. The summed E-state index contributed by atoms with van der Waals surface area (Å²) in [6.45, 7) is 1.81. The first-order chi connectivity index (χ1) is 9.56. The van der Waals surface area contributed by atoms with E-state index in [2.05, 4.69) is 4.98 Å². The van der Waals surface area contributed by atoms with Crippen molar-refractivity contribution in [2.24, 2.45) is 0 Å². The largest absolute Gasteiger partial charge is 0.497 e. The molecule has 0 amide bonds. The molecule has 0 saturated carbocycles. The first-order valence-corrected chi connectivity index (χ1v) is 5.99. The van der Waals surface area contributed by atoms with Crippen molar-refractivity contribution in [2.75, 3.05) is 14.2 Å². The van der Waals surface area contributed by atoms with Crippen LogP contribution in [0.3, 0.4) is 0 Å². The van der Waals surface area contributed by atoms with Gasteiger partial charge in [-0.1, -0.05) is 0 Å². The van der Waals surface area contributed by atoms with Gasteiger partial charge in [0.15, 0.2) is 0 Å². The van der Waals surface area contributed by atoms with Gasteiger partial charge in [-0.05, 0) is 31.2 Å². The Morgan fingerprint density at radius 1 is 1.15 bits per heavy atom. The van der Waals surface area contributed by atoms with E-state index in [-0.39, 0.29) is 5.56 Å². The molecule has 0 spiro atoms. The average Bonchev–Trinajstić information content (AvgIpc) is 2.46. The highest BCUT2D eigenvalue weighted by molar-refractivity contribution is 5.96. The van der Waals surface area contributed by atoms with Gasteiger partial charge >= 0.3 is 5.97 Å². The van der Waals surface area contributed by atoms with Crippen LogP contribution >= 0.6 is 0 Å². The van der Waals surface area contributed by atoms with Crippen LogP contribution in [-0.4, -0.2) is 30.3 Å². The lowest BCUT2D eigenvalue weighted by Crippen LogP contribution is -2.02. The van der Waals surface area contributed by atoms with Crippen molar-refractivity contribution in [1.29, 1.82) is 0 Å². The fourth-order valence-corrected chi connectivity index (χ4v) is 1.98. The van der Waals surface area contributed by atoms with Crippen LogP contribution in [0.4, 0.5) is 0 Å². The Hall–Kier alpha value is -2.56. The molecule has 0 radical (unpaired) electrons. The number of ether oxygens (including phenoxy) is 2. The maximum atomic E-state index is 11.3. The molecular formula is C15H15NO4. The van der Waals surface area contributed by atoms with Crippen LogP contribution in [0.25, 0.3) is 11.1 Å². The van der Waals surface area contributed by atoms with E-state index in [1.54, 1.807) is 38.5 Å². The standard InChI is InChI=1S/C15H15NO4/c1-9-6-11(13(8-16-9)15(17)18)12-7-10(19-2)4-5-14(12)20-3/h4-8H,1-3H3,(H,17,18). The number of carbonyl (C=O) groups is 1. The Balaban J connectivity index is 2.72. The van der Waals surface area contributed by atoms with E-state index in [0.717, 1.165) is 5.69 Å². The quantitative estimate of drug-likeness (QED) is 0.927. The van der Waals surface area contributed by atoms with Crippen LogP contribution in [-0.2, 0) is 0 Å². The zero-order valence-electron chi connectivity index (χ0n) is 11.5. The summed E-state index contributed by atoms with van der Waals surface area (Å²) in [5.74, 6) is 0.183. The third-order valence-corrected chi connectivity index (χ3v) is 2.97. The van der Waals surface area contributed by atoms with Gasteiger partial charge in [0.05, 0.1) is 19.8 Å². The van der Waals surface area contributed by atoms with Crippen LogP contribution in [0.2, 0.25) is 0 Å². The van der Waals surface area contributed by atoms with Crippen molar-refractivity contribution in [3.8, 4) is 22.6 Å². The highest BCUT2D eigenvalue weighted by Gasteiger charge is 2.16. The van der Waals surface area contributed by atoms with E-state index in [4.69, 9.17) is 9.47 Å². The van der Waals surface area contributed by atoms with Gasteiger partial charge in [-0.2, -0.15) is 0 Å². The van der Waals surface area contributed by atoms with Crippen LogP contribution in [0.5, 0.6) is 11.5 Å². The summed E-state index contributed by atoms with van der Waals surface area (Å²) in [5.41, 5.74) is 2.08. The zero-order valence-corrected chi connectivity index (χ0v) is 11.5. The Labute approximate surface area is 116 Å². The van der Waals surface area contributed by atoms with Gasteiger partial charge in [-0.3, -0.25) is 4.98 Å². The number of carboxylic acid groups (broad SMARTS) is 1. The lowest BCUT2D eigenvalue weighted by molar-refractivity contribution is 0.0697. The number of aryl methyl sites for hydroxylation is 1. The first kappa shape index (κ1) is 13.9. The van der Waals surface area contributed by atoms with Crippen molar-refractivity contribution in [3.05, 3.63) is 41.7 Å². The van der Waals surface area contributed by atoms with Crippen LogP contribution in [0, 0.1) is 6.92 Å². The number of carboxylic acids is 1. The summed E-state index contributed by atoms with van der Waals surface area (Å²) < 4.78 is 10.5. The molecule has 20 heavy (non-hydrogen) atoms. The second-order valence-electron chi connectivity index (χ2n) is 4.24. The number of benzene rings is 1. The molecule has 1 aromatic carbocycles. The summed E-state index contributed by atoms with van der Waals surface area (Å²) in [6, 6.07) is 6.98. The average molecular weight is 273 g/mol. The molecule has 1 heterocycles. The van der Waals surface area contributed by atoms with Crippen molar-refractivity contribution >= 4 is 5.97 Å². The second kappa shape index (κ2) is 5.61. The summed E-state index contributed by atoms with van der Waals surface area (Å²) in [6.07, 6.45) is 1.35. The monoisotopic (exact) mass is 273 g/mol. The number of pyridine rings is 1. The minimum Gasteiger partial charge on any atom is -0.497 e. The predicted molar refractivity (Wildman–Crippen MR) is 74.5 cm³/mol. The van der Waals surface area contributed by atoms with Crippen molar-refractivity contribution < 1.29 is 19.4 Å². The third kappa shape index (κ3) is 2.56. The fourth-order valence-electron chi connectivity index (χ4n) is 1.98. The number of rotatable bonds is 4. The Morgan fingerprint density at radius 3 is 2.50 bits per heavy atom. The predicted octanol–water partition coefficient (Wildman–Crippen LogP) is 2.77. The Morgan fingerprint density at radius 2 is 1.90 bits per heavy atom. The summed E-state index contributed by atoms with van der Waals surface area (Å²) in [5, 5.41) is 9.30.